The predicted octanol–water partition coefficient (Wildman–Crippen LogP) is 2.59. The molecule has 5 nitrogen and oxygen atoms in total. The number of oxime groups is 1. The number of aryl methyl sites for hydroxylation is 2. The van der Waals surface area contributed by atoms with Crippen LogP contribution in [0, 0.1) is 13.8 Å². The van der Waals surface area contributed by atoms with Gasteiger partial charge in [0.15, 0.2) is 5.84 Å². The van der Waals surface area contributed by atoms with Crippen LogP contribution >= 0.6 is 0 Å². The molecule has 1 aromatic heterocycles. The molecule has 0 aliphatic rings. The van der Waals surface area contributed by atoms with Gasteiger partial charge in [-0.05, 0) is 43.7 Å². The minimum absolute atomic E-state index is 0.0107. The molecule has 0 spiro atoms. The lowest BCUT2D eigenvalue weighted by atomic mass is 10.1. The molecule has 0 radical (unpaired) electrons. The van der Waals surface area contributed by atoms with Gasteiger partial charge in [-0.1, -0.05) is 11.2 Å². The summed E-state index contributed by atoms with van der Waals surface area (Å²) in [6.45, 7) is 3.80. The first-order valence-corrected chi connectivity index (χ1v) is 5.80. The Balaban J connectivity index is 2.44. The van der Waals surface area contributed by atoms with Crippen LogP contribution in [0.15, 0.2) is 41.7 Å². The van der Waals surface area contributed by atoms with Crippen molar-refractivity contribution in [1.29, 1.82) is 0 Å². The Hall–Kier alpha value is -2.56. The zero-order valence-electron chi connectivity index (χ0n) is 10.8. The first-order valence-electron chi connectivity index (χ1n) is 5.80. The minimum Gasteiger partial charge on any atom is -0.455 e. The number of hydrogen-bond acceptors (Lipinski definition) is 4. The van der Waals surface area contributed by atoms with Crippen LogP contribution in [0.2, 0.25) is 0 Å². The molecule has 2 rings (SSSR count). The van der Waals surface area contributed by atoms with Gasteiger partial charge in [-0.2, -0.15) is 0 Å². The number of pyridine rings is 1. The second-order valence-electron chi connectivity index (χ2n) is 4.17. The topological polar surface area (TPSA) is 80.7 Å². The molecule has 19 heavy (non-hydrogen) atoms. The Morgan fingerprint density at radius 2 is 2.05 bits per heavy atom. The monoisotopic (exact) mass is 257 g/mol. The van der Waals surface area contributed by atoms with E-state index in [4.69, 9.17) is 15.7 Å². The molecule has 0 saturated carbocycles. The van der Waals surface area contributed by atoms with Gasteiger partial charge in [-0.3, -0.25) is 4.98 Å². The number of nitrogens with zero attached hydrogens (tertiary/aromatic N) is 2. The molecule has 98 valence electrons. The fourth-order valence-electron chi connectivity index (χ4n) is 1.68. The maximum absolute atomic E-state index is 8.80. The Labute approximate surface area is 111 Å². The van der Waals surface area contributed by atoms with Gasteiger partial charge >= 0.3 is 0 Å². The van der Waals surface area contributed by atoms with Crippen LogP contribution in [-0.4, -0.2) is 16.0 Å². The summed E-state index contributed by atoms with van der Waals surface area (Å²) >= 11 is 0. The van der Waals surface area contributed by atoms with Crippen molar-refractivity contribution in [3.8, 4) is 11.5 Å². The lowest BCUT2D eigenvalue weighted by molar-refractivity contribution is 0.318. The van der Waals surface area contributed by atoms with E-state index in [1.54, 1.807) is 18.3 Å². The van der Waals surface area contributed by atoms with Crippen molar-refractivity contribution in [1.82, 2.24) is 4.98 Å². The van der Waals surface area contributed by atoms with Crippen molar-refractivity contribution in [2.75, 3.05) is 0 Å². The Bertz CT molecular complexity index is 624. The lowest BCUT2D eigenvalue weighted by Crippen LogP contribution is -2.14. The fourth-order valence-corrected chi connectivity index (χ4v) is 1.68. The molecule has 1 aromatic carbocycles. The van der Waals surface area contributed by atoms with E-state index in [0.29, 0.717) is 17.1 Å². The molecular formula is C14H15N3O2. The number of aromatic nitrogens is 1. The molecule has 0 aliphatic heterocycles. The number of hydrogen-bond donors (Lipinski definition) is 2. The fraction of sp³-hybridized carbons (Fsp3) is 0.143. The van der Waals surface area contributed by atoms with Crippen LogP contribution in [0.1, 0.15) is 16.8 Å². The van der Waals surface area contributed by atoms with E-state index in [0.717, 1.165) is 11.3 Å². The van der Waals surface area contributed by atoms with Gasteiger partial charge < -0.3 is 15.7 Å². The van der Waals surface area contributed by atoms with Gasteiger partial charge in [0.05, 0.1) is 11.3 Å². The highest BCUT2D eigenvalue weighted by atomic mass is 16.5. The maximum atomic E-state index is 8.80. The van der Waals surface area contributed by atoms with E-state index in [9.17, 15) is 0 Å². The molecule has 0 bridgehead atoms. The van der Waals surface area contributed by atoms with Gasteiger partial charge in [-0.15, -0.1) is 0 Å². The molecule has 0 fully saturated rings. The van der Waals surface area contributed by atoms with Gasteiger partial charge in [-0.25, -0.2) is 0 Å². The molecule has 0 saturated heterocycles. The summed E-state index contributed by atoms with van der Waals surface area (Å²) in [5.74, 6) is 1.18. The highest BCUT2D eigenvalue weighted by Gasteiger charge is 2.11. The highest BCUT2D eigenvalue weighted by Crippen LogP contribution is 2.27. The zero-order valence-corrected chi connectivity index (χ0v) is 10.8. The predicted molar refractivity (Wildman–Crippen MR) is 72.7 cm³/mol. The van der Waals surface area contributed by atoms with Crippen molar-refractivity contribution in [3.63, 3.8) is 0 Å². The number of amidine groups is 1. The SMILES string of the molecule is Cc1ccc(C(N)=NO)c(Oc2cccnc2C)c1. The molecule has 5 heteroatoms. The number of ether oxygens (including phenoxy) is 1. The summed E-state index contributed by atoms with van der Waals surface area (Å²) in [5.41, 5.74) is 7.97. The van der Waals surface area contributed by atoms with Crippen molar-refractivity contribution in [2.24, 2.45) is 10.9 Å². The van der Waals surface area contributed by atoms with Crippen LogP contribution in [0.4, 0.5) is 0 Å². The molecule has 0 unspecified atom stereocenters. The van der Waals surface area contributed by atoms with Gasteiger partial charge in [0.1, 0.15) is 11.5 Å². The van der Waals surface area contributed by atoms with E-state index in [1.165, 1.54) is 0 Å². The highest BCUT2D eigenvalue weighted by molar-refractivity contribution is 5.99. The lowest BCUT2D eigenvalue weighted by Gasteiger charge is -2.12. The van der Waals surface area contributed by atoms with E-state index >= 15 is 0 Å². The third-order valence-electron chi connectivity index (χ3n) is 2.70. The molecule has 0 aliphatic carbocycles. The van der Waals surface area contributed by atoms with Crippen molar-refractivity contribution < 1.29 is 9.94 Å². The number of nitrogens with two attached hydrogens (primary N) is 1. The van der Waals surface area contributed by atoms with Crippen molar-refractivity contribution >= 4 is 5.84 Å². The smallest absolute Gasteiger partial charge is 0.173 e. The molecule has 0 amide bonds. The molecule has 3 N–H and O–H groups in total. The van der Waals surface area contributed by atoms with Gasteiger partial charge in [0, 0.05) is 6.20 Å². The van der Waals surface area contributed by atoms with Gasteiger partial charge in [0.2, 0.25) is 0 Å². The number of benzene rings is 1. The largest absolute Gasteiger partial charge is 0.455 e. The molecular weight excluding hydrogens is 242 g/mol. The second-order valence-corrected chi connectivity index (χ2v) is 4.17. The molecule has 2 aromatic rings. The first-order chi connectivity index (χ1) is 9.11. The summed E-state index contributed by atoms with van der Waals surface area (Å²) in [6, 6.07) is 9.07. The summed E-state index contributed by atoms with van der Waals surface area (Å²) in [6.07, 6.45) is 1.70. The van der Waals surface area contributed by atoms with Crippen LogP contribution in [-0.2, 0) is 0 Å². The van der Waals surface area contributed by atoms with Crippen LogP contribution < -0.4 is 10.5 Å². The minimum atomic E-state index is 0.0107. The standard InChI is InChI=1S/C14H15N3O2/c1-9-5-6-11(14(15)17-18)13(8-9)19-12-4-3-7-16-10(12)2/h3-8,18H,1-2H3,(H2,15,17). The molecule has 1 heterocycles. The maximum Gasteiger partial charge on any atom is 0.173 e. The summed E-state index contributed by atoms with van der Waals surface area (Å²) in [5, 5.41) is 11.8. The Kier molecular flexibility index (Phi) is 3.66. The third-order valence-corrected chi connectivity index (χ3v) is 2.70. The summed E-state index contributed by atoms with van der Waals surface area (Å²) < 4.78 is 5.81. The Morgan fingerprint density at radius 3 is 2.74 bits per heavy atom. The molecule has 0 atom stereocenters. The average molecular weight is 257 g/mol. The first kappa shape index (κ1) is 12.9. The van der Waals surface area contributed by atoms with Crippen molar-refractivity contribution in [2.45, 2.75) is 13.8 Å². The van der Waals surface area contributed by atoms with Crippen LogP contribution in [0.3, 0.4) is 0 Å². The average Bonchev–Trinajstić information content (AvgIpc) is 2.41. The quantitative estimate of drug-likeness (QED) is 0.383. The normalized spacial score (nSPS) is 11.4. The summed E-state index contributed by atoms with van der Waals surface area (Å²) in [7, 11) is 0. The van der Waals surface area contributed by atoms with E-state index in [2.05, 4.69) is 10.1 Å². The third kappa shape index (κ3) is 2.82. The van der Waals surface area contributed by atoms with Crippen LogP contribution in [0.5, 0.6) is 11.5 Å². The van der Waals surface area contributed by atoms with E-state index in [-0.39, 0.29) is 5.84 Å². The van der Waals surface area contributed by atoms with E-state index in [1.807, 2.05) is 32.0 Å². The van der Waals surface area contributed by atoms with E-state index < -0.39 is 0 Å². The zero-order chi connectivity index (χ0) is 13.8. The summed E-state index contributed by atoms with van der Waals surface area (Å²) in [4.78, 5) is 4.16. The number of rotatable bonds is 3. The van der Waals surface area contributed by atoms with Gasteiger partial charge in [0.25, 0.3) is 0 Å². The Morgan fingerprint density at radius 1 is 1.26 bits per heavy atom. The van der Waals surface area contributed by atoms with Crippen molar-refractivity contribution in [3.05, 3.63) is 53.3 Å². The van der Waals surface area contributed by atoms with Crippen LogP contribution in [0.25, 0.3) is 0 Å². The second kappa shape index (κ2) is 5.39.